The maximum absolute atomic E-state index is 12.6. The zero-order valence-electron chi connectivity index (χ0n) is 18.3. The number of hydrogen-bond donors (Lipinski definition) is 1. The van der Waals surface area contributed by atoms with Crippen LogP contribution in [0.15, 0.2) is 30.3 Å². The Bertz CT molecular complexity index is 702. The first kappa shape index (κ1) is 21.4. The number of benzene rings is 1. The predicted octanol–water partition coefficient (Wildman–Crippen LogP) is 3.34. The van der Waals surface area contributed by atoms with Crippen molar-refractivity contribution in [2.75, 3.05) is 39.3 Å². The van der Waals surface area contributed by atoms with Gasteiger partial charge in [0.25, 0.3) is 0 Å². The van der Waals surface area contributed by atoms with Crippen LogP contribution in [0.2, 0.25) is 0 Å². The molecule has 164 valence electrons. The van der Waals surface area contributed by atoms with Gasteiger partial charge in [0.15, 0.2) is 0 Å². The molecule has 1 heterocycles. The first-order valence-electron chi connectivity index (χ1n) is 12.0. The number of piperazine rings is 1. The van der Waals surface area contributed by atoms with Crippen molar-refractivity contribution in [3.63, 3.8) is 0 Å². The summed E-state index contributed by atoms with van der Waals surface area (Å²) in [6, 6.07) is 10.6. The molecule has 1 aliphatic heterocycles. The van der Waals surface area contributed by atoms with Crippen molar-refractivity contribution in [3.05, 3.63) is 35.9 Å². The lowest BCUT2D eigenvalue weighted by Crippen LogP contribution is -2.52. The average molecular weight is 412 g/mol. The van der Waals surface area contributed by atoms with E-state index < -0.39 is 0 Å². The molecule has 0 unspecified atom stereocenters. The molecule has 1 N–H and O–H groups in total. The number of nitrogens with one attached hydrogen (secondary N) is 1. The predicted molar refractivity (Wildman–Crippen MR) is 119 cm³/mol. The SMILES string of the molecule is O=C(CN1CCN(C(=O)CC2CCCCC2)CC1)NCC1(c2ccccc2)CCC1. The molecule has 0 bridgehead atoms. The number of amides is 2. The maximum atomic E-state index is 12.6. The molecule has 1 aromatic carbocycles. The minimum Gasteiger partial charge on any atom is -0.354 e. The van der Waals surface area contributed by atoms with Gasteiger partial charge in [0, 0.05) is 44.6 Å². The molecule has 4 rings (SSSR count). The average Bonchev–Trinajstić information content (AvgIpc) is 2.75. The summed E-state index contributed by atoms with van der Waals surface area (Å²) in [6.45, 7) is 4.28. The molecule has 5 heteroatoms. The Morgan fingerprint density at radius 3 is 2.27 bits per heavy atom. The largest absolute Gasteiger partial charge is 0.354 e. The van der Waals surface area contributed by atoms with Gasteiger partial charge in [0.2, 0.25) is 11.8 Å². The second kappa shape index (κ2) is 9.95. The Balaban J connectivity index is 1.18. The van der Waals surface area contributed by atoms with E-state index in [0.29, 0.717) is 18.4 Å². The van der Waals surface area contributed by atoms with E-state index >= 15 is 0 Å². The van der Waals surface area contributed by atoms with Crippen LogP contribution in [0, 0.1) is 5.92 Å². The van der Waals surface area contributed by atoms with Gasteiger partial charge in [-0.25, -0.2) is 0 Å². The zero-order valence-corrected chi connectivity index (χ0v) is 18.3. The van der Waals surface area contributed by atoms with Crippen LogP contribution in [0.4, 0.5) is 0 Å². The van der Waals surface area contributed by atoms with Gasteiger partial charge in [-0.15, -0.1) is 0 Å². The van der Waals surface area contributed by atoms with Crippen molar-refractivity contribution in [2.45, 2.75) is 63.2 Å². The van der Waals surface area contributed by atoms with Crippen LogP contribution < -0.4 is 5.32 Å². The first-order valence-corrected chi connectivity index (χ1v) is 12.0. The number of carbonyl (C=O) groups excluding carboxylic acids is 2. The third-order valence-corrected chi connectivity index (χ3v) is 7.60. The molecule has 3 fully saturated rings. The van der Waals surface area contributed by atoms with E-state index in [1.54, 1.807) is 0 Å². The van der Waals surface area contributed by atoms with Gasteiger partial charge in [0.1, 0.15) is 0 Å². The first-order chi connectivity index (χ1) is 14.6. The summed E-state index contributed by atoms with van der Waals surface area (Å²) in [5, 5.41) is 3.20. The van der Waals surface area contributed by atoms with Crippen molar-refractivity contribution in [3.8, 4) is 0 Å². The molecule has 0 aromatic heterocycles. The normalized spacial score (nSPS) is 22.3. The Kier molecular flexibility index (Phi) is 7.08. The highest BCUT2D eigenvalue weighted by atomic mass is 16.2. The van der Waals surface area contributed by atoms with Crippen molar-refractivity contribution in [2.24, 2.45) is 5.92 Å². The van der Waals surface area contributed by atoms with Gasteiger partial charge in [-0.3, -0.25) is 14.5 Å². The standard InChI is InChI=1S/C25H37N3O2/c29-23(26-20-25(12-7-13-25)22-10-5-2-6-11-22)19-27-14-16-28(17-15-27)24(30)18-21-8-3-1-4-9-21/h2,5-6,10-11,21H,1,3-4,7-9,12-20H2,(H,26,29). The van der Waals surface area contributed by atoms with Gasteiger partial charge < -0.3 is 10.2 Å². The smallest absolute Gasteiger partial charge is 0.234 e. The fourth-order valence-electron chi connectivity index (χ4n) is 5.41. The van der Waals surface area contributed by atoms with Crippen molar-refractivity contribution in [1.82, 2.24) is 15.1 Å². The highest BCUT2D eigenvalue weighted by Crippen LogP contribution is 2.43. The highest BCUT2D eigenvalue weighted by Gasteiger charge is 2.38. The summed E-state index contributed by atoms with van der Waals surface area (Å²) in [7, 11) is 0. The lowest BCUT2D eigenvalue weighted by molar-refractivity contribution is -0.134. The minimum absolute atomic E-state index is 0.110. The van der Waals surface area contributed by atoms with Crippen molar-refractivity contribution in [1.29, 1.82) is 0 Å². The van der Waals surface area contributed by atoms with Crippen LogP contribution in [-0.4, -0.2) is 60.9 Å². The van der Waals surface area contributed by atoms with Crippen molar-refractivity contribution < 1.29 is 9.59 Å². The molecule has 2 saturated carbocycles. The van der Waals surface area contributed by atoms with Gasteiger partial charge in [-0.05, 0) is 37.2 Å². The van der Waals surface area contributed by atoms with Gasteiger partial charge in [0.05, 0.1) is 6.54 Å². The molecule has 2 amide bonds. The molecule has 30 heavy (non-hydrogen) atoms. The molecule has 1 saturated heterocycles. The highest BCUT2D eigenvalue weighted by molar-refractivity contribution is 5.78. The maximum Gasteiger partial charge on any atom is 0.234 e. The number of hydrogen-bond acceptors (Lipinski definition) is 3. The molecule has 3 aliphatic rings. The van der Waals surface area contributed by atoms with Crippen LogP contribution in [0.25, 0.3) is 0 Å². The van der Waals surface area contributed by atoms with Crippen LogP contribution >= 0.6 is 0 Å². The molecular formula is C25H37N3O2. The summed E-state index contributed by atoms with van der Waals surface area (Å²) in [6.07, 6.45) is 10.6. The zero-order chi connectivity index (χ0) is 20.8. The molecule has 0 atom stereocenters. The van der Waals surface area contributed by atoms with E-state index in [0.717, 1.165) is 52.0 Å². The summed E-state index contributed by atoms with van der Waals surface area (Å²) in [5.74, 6) is 1.03. The summed E-state index contributed by atoms with van der Waals surface area (Å²) >= 11 is 0. The van der Waals surface area contributed by atoms with Crippen LogP contribution in [-0.2, 0) is 15.0 Å². The molecule has 1 aromatic rings. The topological polar surface area (TPSA) is 52.7 Å². The second-order valence-electron chi connectivity index (χ2n) is 9.64. The summed E-state index contributed by atoms with van der Waals surface area (Å²) in [5.41, 5.74) is 1.47. The Labute approximate surface area is 181 Å². The minimum atomic E-state index is 0.110. The summed E-state index contributed by atoms with van der Waals surface area (Å²) in [4.78, 5) is 29.4. The Morgan fingerprint density at radius 1 is 0.933 bits per heavy atom. The van der Waals surface area contributed by atoms with Gasteiger partial charge in [-0.1, -0.05) is 56.0 Å². The molecule has 0 radical (unpaired) electrons. The van der Waals surface area contributed by atoms with E-state index in [9.17, 15) is 9.59 Å². The third kappa shape index (κ3) is 5.23. The van der Waals surface area contributed by atoms with Crippen molar-refractivity contribution >= 4 is 11.8 Å². The Hall–Kier alpha value is -1.88. The fraction of sp³-hybridized carbons (Fsp3) is 0.680. The monoisotopic (exact) mass is 411 g/mol. The lowest BCUT2D eigenvalue weighted by atomic mass is 9.64. The second-order valence-corrected chi connectivity index (χ2v) is 9.64. The van der Waals surface area contributed by atoms with E-state index in [1.165, 1.54) is 44.1 Å². The van der Waals surface area contributed by atoms with E-state index in [-0.39, 0.29) is 11.3 Å². The van der Waals surface area contributed by atoms with Crippen LogP contribution in [0.5, 0.6) is 0 Å². The fourth-order valence-corrected chi connectivity index (χ4v) is 5.41. The number of nitrogens with zero attached hydrogens (tertiary/aromatic N) is 2. The molecule has 0 spiro atoms. The van der Waals surface area contributed by atoms with Gasteiger partial charge >= 0.3 is 0 Å². The quantitative estimate of drug-likeness (QED) is 0.749. The lowest BCUT2D eigenvalue weighted by Gasteiger charge is -2.43. The van der Waals surface area contributed by atoms with E-state index in [1.807, 2.05) is 11.0 Å². The van der Waals surface area contributed by atoms with Crippen LogP contribution in [0.1, 0.15) is 63.4 Å². The molecule has 5 nitrogen and oxygen atoms in total. The molecule has 2 aliphatic carbocycles. The summed E-state index contributed by atoms with van der Waals surface area (Å²) < 4.78 is 0. The number of carbonyl (C=O) groups is 2. The van der Waals surface area contributed by atoms with Gasteiger partial charge in [-0.2, -0.15) is 0 Å². The van der Waals surface area contributed by atoms with E-state index in [4.69, 9.17) is 0 Å². The number of rotatable bonds is 7. The van der Waals surface area contributed by atoms with Crippen LogP contribution in [0.3, 0.4) is 0 Å². The third-order valence-electron chi connectivity index (χ3n) is 7.60. The molecular weight excluding hydrogens is 374 g/mol. The Morgan fingerprint density at radius 2 is 1.63 bits per heavy atom. The van der Waals surface area contributed by atoms with E-state index in [2.05, 4.69) is 34.5 Å².